The van der Waals surface area contributed by atoms with Crippen molar-refractivity contribution in [3.05, 3.63) is 92.5 Å². The summed E-state index contributed by atoms with van der Waals surface area (Å²) in [6.07, 6.45) is 1.55. The van der Waals surface area contributed by atoms with Crippen LogP contribution in [0.15, 0.2) is 70.7 Å². The first kappa shape index (κ1) is 22.3. The lowest BCUT2D eigenvalue weighted by Crippen LogP contribution is -2.15. The molecule has 10 heteroatoms. The molecule has 3 rings (SSSR count). The maximum atomic E-state index is 12.9. The van der Waals surface area contributed by atoms with Crippen molar-refractivity contribution in [2.75, 3.05) is 10.1 Å². The van der Waals surface area contributed by atoms with E-state index in [0.29, 0.717) is 5.02 Å². The average Bonchev–Trinajstić information content (AvgIpc) is 2.71. The summed E-state index contributed by atoms with van der Waals surface area (Å²) >= 11 is 5.83. The molecule has 8 nitrogen and oxygen atoms in total. The summed E-state index contributed by atoms with van der Waals surface area (Å²) in [4.78, 5) is 10.2. The third-order valence-electron chi connectivity index (χ3n) is 4.38. The van der Waals surface area contributed by atoms with Crippen LogP contribution in [0.4, 0.5) is 17.1 Å². The molecule has 160 valence electrons. The zero-order chi connectivity index (χ0) is 22.6. The number of aryl methyl sites for hydroxylation is 2. The summed E-state index contributed by atoms with van der Waals surface area (Å²) in [7, 11) is -4.16. The maximum absolute atomic E-state index is 12.9. The number of halogens is 1. The summed E-state index contributed by atoms with van der Waals surface area (Å²) in [5, 5.41) is 15.7. The van der Waals surface area contributed by atoms with Gasteiger partial charge in [0.2, 0.25) is 0 Å². The van der Waals surface area contributed by atoms with E-state index in [0.717, 1.165) is 22.8 Å². The molecule has 0 fully saturated rings. The van der Waals surface area contributed by atoms with E-state index in [2.05, 4.69) is 15.2 Å². The van der Waals surface area contributed by atoms with Crippen molar-refractivity contribution in [3.63, 3.8) is 0 Å². The first-order valence-corrected chi connectivity index (χ1v) is 10.9. The Balaban J connectivity index is 1.94. The van der Waals surface area contributed by atoms with E-state index in [1.54, 1.807) is 6.21 Å². The standard InChI is InChI=1S/C21H19ClN4O4S/c1-14-3-4-16(15(2)11-14)13-23-24-20-10-9-19(26(27)28)12-21(20)31(29,30)25-18-7-5-17(22)6-8-18/h3-13,24-25H,1-2H3/b23-13+. The van der Waals surface area contributed by atoms with Crippen molar-refractivity contribution in [1.29, 1.82) is 0 Å². The number of nitro benzene ring substituents is 1. The minimum absolute atomic E-state index is 0.0908. The molecule has 3 aromatic rings. The molecule has 0 heterocycles. The minimum Gasteiger partial charge on any atom is -0.280 e. The van der Waals surface area contributed by atoms with Gasteiger partial charge in [0.15, 0.2) is 0 Å². The van der Waals surface area contributed by atoms with E-state index in [9.17, 15) is 18.5 Å². The van der Waals surface area contributed by atoms with Crippen LogP contribution in [0.5, 0.6) is 0 Å². The van der Waals surface area contributed by atoms with Crippen LogP contribution in [0.25, 0.3) is 0 Å². The number of anilines is 2. The number of non-ortho nitro benzene ring substituents is 1. The molecule has 0 radical (unpaired) electrons. The van der Waals surface area contributed by atoms with Crippen LogP contribution >= 0.6 is 11.6 Å². The smallest absolute Gasteiger partial charge is 0.270 e. The van der Waals surface area contributed by atoms with Gasteiger partial charge in [-0.05, 0) is 55.3 Å². The molecule has 3 aromatic carbocycles. The van der Waals surface area contributed by atoms with Gasteiger partial charge in [0, 0.05) is 22.8 Å². The zero-order valence-corrected chi connectivity index (χ0v) is 18.2. The van der Waals surface area contributed by atoms with Crippen LogP contribution < -0.4 is 10.1 Å². The summed E-state index contributed by atoms with van der Waals surface area (Å²) in [5.74, 6) is 0. The summed E-state index contributed by atoms with van der Waals surface area (Å²) in [6.45, 7) is 3.92. The van der Waals surface area contributed by atoms with Crippen molar-refractivity contribution >= 4 is 44.9 Å². The van der Waals surface area contributed by atoms with Crippen molar-refractivity contribution in [3.8, 4) is 0 Å². The predicted octanol–water partition coefficient (Wildman–Crippen LogP) is 5.11. The Hall–Kier alpha value is -3.43. The summed E-state index contributed by atoms with van der Waals surface area (Å²) in [6, 6.07) is 15.3. The fourth-order valence-electron chi connectivity index (χ4n) is 2.81. The highest BCUT2D eigenvalue weighted by Crippen LogP contribution is 2.28. The molecule has 0 spiro atoms. The molecule has 0 saturated carbocycles. The highest BCUT2D eigenvalue weighted by molar-refractivity contribution is 7.92. The molecule has 0 saturated heterocycles. The lowest BCUT2D eigenvalue weighted by molar-refractivity contribution is -0.385. The van der Waals surface area contributed by atoms with E-state index < -0.39 is 14.9 Å². The Morgan fingerprint density at radius 1 is 1.03 bits per heavy atom. The number of sulfonamides is 1. The Kier molecular flexibility index (Phi) is 6.57. The van der Waals surface area contributed by atoms with Crippen LogP contribution in [0.1, 0.15) is 16.7 Å². The second kappa shape index (κ2) is 9.15. The molecule has 2 N–H and O–H groups in total. The second-order valence-electron chi connectivity index (χ2n) is 6.78. The molecule has 31 heavy (non-hydrogen) atoms. The van der Waals surface area contributed by atoms with E-state index in [4.69, 9.17) is 11.6 Å². The Bertz CT molecular complexity index is 1260. The van der Waals surface area contributed by atoms with E-state index >= 15 is 0 Å². The second-order valence-corrected chi connectivity index (χ2v) is 8.87. The van der Waals surface area contributed by atoms with E-state index in [1.807, 2.05) is 32.0 Å². The molecule has 0 aliphatic rings. The van der Waals surface area contributed by atoms with Gasteiger partial charge >= 0.3 is 0 Å². The van der Waals surface area contributed by atoms with Crippen LogP contribution in [0.3, 0.4) is 0 Å². The molecule has 0 bridgehead atoms. The Morgan fingerprint density at radius 3 is 2.39 bits per heavy atom. The number of nitrogens with zero attached hydrogens (tertiary/aromatic N) is 2. The van der Waals surface area contributed by atoms with Crippen molar-refractivity contribution in [1.82, 2.24) is 0 Å². The highest BCUT2D eigenvalue weighted by atomic mass is 35.5. The van der Waals surface area contributed by atoms with Gasteiger partial charge in [-0.15, -0.1) is 0 Å². The van der Waals surface area contributed by atoms with Gasteiger partial charge in [-0.25, -0.2) is 8.42 Å². The van der Waals surface area contributed by atoms with Gasteiger partial charge in [0.1, 0.15) is 4.90 Å². The Labute approximate surface area is 184 Å². The number of nitrogens with one attached hydrogen (secondary N) is 2. The van der Waals surface area contributed by atoms with Crippen LogP contribution in [-0.4, -0.2) is 19.6 Å². The number of hydrazone groups is 1. The summed E-state index contributed by atoms with van der Waals surface area (Å²) in [5.41, 5.74) is 5.64. The van der Waals surface area contributed by atoms with Crippen LogP contribution in [0.2, 0.25) is 5.02 Å². The minimum atomic E-state index is -4.16. The molecule has 0 aliphatic carbocycles. The van der Waals surface area contributed by atoms with Gasteiger partial charge in [-0.2, -0.15) is 5.10 Å². The molecule has 0 atom stereocenters. The first-order chi connectivity index (χ1) is 14.7. The molecule has 0 aliphatic heterocycles. The third-order valence-corrected chi connectivity index (χ3v) is 6.05. The monoisotopic (exact) mass is 458 g/mol. The molecule has 0 amide bonds. The van der Waals surface area contributed by atoms with E-state index in [1.165, 1.54) is 36.4 Å². The zero-order valence-electron chi connectivity index (χ0n) is 16.7. The van der Waals surface area contributed by atoms with Crippen molar-refractivity contribution in [2.45, 2.75) is 18.7 Å². The SMILES string of the molecule is Cc1ccc(/C=N/Nc2ccc([N+](=O)[O-])cc2S(=O)(=O)Nc2ccc(Cl)cc2)c(C)c1. The number of benzene rings is 3. The quantitative estimate of drug-likeness (QED) is 0.290. The first-order valence-electron chi connectivity index (χ1n) is 9.09. The normalized spacial score (nSPS) is 11.5. The average molecular weight is 459 g/mol. The largest absolute Gasteiger partial charge is 0.280 e. The lowest BCUT2D eigenvalue weighted by atomic mass is 10.1. The molecule has 0 aromatic heterocycles. The van der Waals surface area contributed by atoms with Crippen LogP contribution in [-0.2, 0) is 10.0 Å². The molecular formula is C21H19ClN4O4S. The highest BCUT2D eigenvalue weighted by Gasteiger charge is 2.22. The van der Waals surface area contributed by atoms with Gasteiger partial charge in [-0.1, -0.05) is 35.4 Å². The third kappa shape index (κ3) is 5.59. The number of rotatable bonds is 7. The molecular weight excluding hydrogens is 440 g/mol. The maximum Gasteiger partial charge on any atom is 0.270 e. The van der Waals surface area contributed by atoms with Gasteiger partial charge in [0.25, 0.3) is 15.7 Å². The Morgan fingerprint density at radius 2 is 1.74 bits per heavy atom. The fraction of sp³-hybridized carbons (Fsp3) is 0.0952. The lowest BCUT2D eigenvalue weighted by Gasteiger charge is -2.12. The van der Waals surface area contributed by atoms with Crippen LogP contribution in [0, 0.1) is 24.0 Å². The predicted molar refractivity (Wildman–Crippen MR) is 122 cm³/mol. The van der Waals surface area contributed by atoms with Gasteiger partial charge in [-0.3, -0.25) is 20.3 Å². The fourth-order valence-corrected chi connectivity index (χ4v) is 4.17. The number of nitro groups is 1. The number of hydrogen-bond acceptors (Lipinski definition) is 6. The summed E-state index contributed by atoms with van der Waals surface area (Å²) < 4.78 is 28.3. The van der Waals surface area contributed by atoms with Gasteiger partial charge < -0.3 is 0 Å². The topological polar surface area (TPSA) is 114 Å². The molecule has 0 unspecified atom stereocenters. The van der Waals surface area contributed by atoms with E-state index in [-0.39, 0.29) is 22.0 Å². The number of hydrogen-bond donors (Lipinski definition) is 2. The van der Waals surface area contributed by atoms with Crippen molar-refractivity contribution in [2.24, 2.45) is 5.10 Å². The van der Waals surface area contributed by atoms with Gasteiger partial charge in [0.05, 0.1) is 16.8 Å². The van der Waals surface area contributed by atoms with Crippen molar-refractivity contribution < 1.29 is 13.3 Å².